The van der Waals surface area contributed by atoms with Crippen LogP contribution >= 0.6 is 11.6 Å². The Balaban J connectivity index is 2.21. The van der Waals surface area contributed by atoms with Gasteiger partial charge in [0.1, 0.15) is 5.82 Å². The van der Waals surface area contributed by atoms with Gasteiger partial charge in [-0.2, -0.15) is 5.10 Å². The van der Waals surface area contributed by atoms with Crippen molar-refractivity contribution >= 4 is 22.5 Å². The highest BCUT2D eigenvalue weighted by molar-refractivity contribution is 6.28. The maximum atomic E-state index is 14.3. The van der Waals surface area contributed by atoms with Gasteiger partial charge in [-0.1, -0.05) is 6.92 Å². The molecule has 0 saturated heterocycles. The van der Waals surface area contributed by atoms with Crippen LogP contribution in [0, 0.1) is 5.82 Å². The van der Waals surface area contributed by atoms with Crippen LogP contribution in [0.1, 0.15) is 26.3 Å². The molecular weight excluding hydrogens is 291 g/mol. The van der Waals surface area contributed by atoms with Crippen LogP contribution < -0.4 is 0 Å². The van der Waals surface area contributed by atoms with Crippen molar-refractivity contribution < 1.29 is 4.39 Å². The lowest BCUT2D eigenvalue weighted by atomic mass is 10.1. The number of rotatable bonds is 3. The van der Waals surface area contributed by atoms with E-state index in [0.717, 1.165) is 11.9 Å². The lowest BCUT2D eigenvalue weighted by Crippen LogP contribution is -2.05. The van der Waals surface area contributed by atoms with Crippen molar-refractivity contribution in [2.24, 2.45) is 0 Å². The van der Waals surface area contributed by atoms with Crippen molar-refractivity contribution in [3.63, 3.8) is 0 Å². The zero-order valence-electron chi connectivity index (χ0n) is 11.7. The molecule has 3 aromatic rings. The first-order valence-corrected chi connectivity index (χ1v) is 7.13. The predicted octanol–water partition coefficient (Wildman–Crippen LogP) is 4.26. The summed E-state index contributed by atoms with van der Waals surface area (Å²) in [6.07, 6.45) is 4.04. The smallest absolute Gasteiger partial charge is 0.222 e. The quantitative estimate of drug-likeness (QED) is 0.679. The SMILES string of the molecule is CCC(C)n1ncc2c(F)cc(-c3ccnc(Cl)n3)cc21. The molecule has 2 heterocycles. The van der Waals surface area contributed by atoms with Crippen molar-refractivity contribution in [3.05, 3.63) is 41.7 Å². The first kappa shape index (κ1) is 13.9. The molecule has 0 saturated carbocycles. The average molecular weight is 305 g/mol. The zero-order valence-corrected chi connectivity index (χ0v) is 12.5. The minimum absolute atomic E-state index is 0.142. The van der Waals surface area contributed by atoms with Gasteiger partial charge < -0.3 is 0 Å². The van der Waals surface area contributed by atoms with E-state index >= 15 is 0 Å². The summed E-state index contributed by atoms with van der Waals surface area (Å²) in [5.74, 6) is -0.313. The highest BCUT2D eigenvalue weighted by Gasteiger charge is 2.14. The van der Waals surface area contributed by atoms with Crippen LogP contribution in [-0.2, 0) is 0 Å². The van der Waals surface area contributed by atoms with Gasteiger partial charge in [-0.15, -0.1) is 0 Å². The number of hydrogen-bond donors (Lipinski definition) is 0. The van der Waals surface area contributed by atoms with Crippen LogP contribution in [0.5, 0.6) is 0 Å². The molecule has 2 aromatic heterocycles. The van der Waals surface area contributed by atoms with Crippen molar-refractivity contribution in [1.82, 2.24) is 19.7 Å². The maximum Gasteiger partial charge on any atom is 0.222 e. The van der Waals surface area contributed by atoms with Crippen LogP contribution in [0.25, 0.3) is 22.2 Å². The van der Waals surface area contributed by atoms with E-state index in [2.05, 4.69) is 28.9 Å². The molecule has 108 valence electrons. The fourth-order valence-electron chi connectivity index (χ4n) is 2.27. The van der Waals surface area contributed by atoms with E-state index in [1.807, 2.05) is 10.7 Å². The van der Waals surface area contributed by atoms with Crippen LogP contribution in [0.4, 0.5) is 4.39 Å². The standard InChI is InChI=1S/C15H14ClFN4/c1-3-9(2)21-14-7-10(6-12(17)11(14)8-19-21)13-4-5-18-15(16)20-13/h4-9H,3H2,1-2H3. The monoisotopic (exact) mass is 304 g/mol. The van der Waals surface area contributed by atoms with Crippen molar-refractivity contribution in [3.8, 4) is 11.3 Å². The Morgan fingerprint density at radius 3 is 2.90 bits per heavy atom. The Labute approximate surface area is 126 Å². The van der Waals surface area contributed by atoms with E-state index in [1.54, 1.807) is 18.5 Å². The van der Waals surface area contributed by atoms with Gasteiger partial charge in [-0.05, 0) is 43.1 Å². The third kappa shape index (κ3) is 2.49. The number of halogens is 2. The first-order valence-electron chi connectivity index (χ1n) is 6.76. The molecule has 0 N–H and O–H groups in total. The maximum absolute atomic E-state index is 14.3. The highest BCUT2D eigenvalue weighted by Crippen LogP contribution is 2.28. The summed E-state index contributed by atoms with van der Waals surface area (Å²) in [5.41, 5.74) is 2.01. The molecule has 0 radical (unpaired) electrons. The summed E-state index contributed by atoms with van der Waals surface area (Å²) in [5, 5.41) is 4.95. The van der Waals surface area contributed by atoms with Gasteiger partial charge in [0.15, 0.2) is 0 Å². The third-order valence-electron chi connectivity index (χ3n) is 3.60. The Morgan fingerprint density at radius 1 is 1.38 bits per heavy atom. The fourth-order valence-corrected chi connectivity index (χ4v) is 2.42. The molecule has 0 aliphatic carbocycles. The lowest BCUT2D eigenvalue weighted by Gasteiger charge is -2.11. The van der Waals surface area contributed by atoms with Crippen molar-refractivity contribution in [2.75, 3.05) is 0 Å². The van der Waals surface area contributed by atoms with Gasteiger partial charge in [0.25, 0.3) is 0 Å². The number of hydrogen-bond acceptors (Lipinski definition) is 3. The second-order valence-corrected chi connectivity index (χ2v) is 5.29. The summed E-state index contributed by atoms with van der Waals surface area (Å²) in [4.78, 5) is 7.97. The Bertz CT molecular complexity index is 799. The third-order valence-corrected chi connectivity index (χ3v) is 3.78. The lowest BCUT2D eigenvalue weighted by molar-refractivity contribution is 0.493. The molecule has 0 aliphatic heterocycles. The summed E-state index contributed by atoms with van der Waals surface area (Å²) >= 11 is 5.80. The normalized spacial score (nSPS) is 12.8. The van der Waals surface area contributed by atoms with Gasteiger partial charge in [-0.25, -0.2) is 14.4 Å². The molecule has 1 aromatic carbocycles. The second kappa shape index (κ2) is 5.41. The van der Waals surface area contributed by atoms with Crippen LogP contribution in [-0.4, -0.2) is 19.7 Å². The second-order valence-electron chi connectivity index (χ2n) is 4.95. The van der Waals surface area contributed by atoms with E-state index in [4.69, 9.17) is 11.6 Å². The predicted molar refractivity (Wildman–Crippen MR) is 80.7 cm³/mol. The highest BCUT2D eigenvalue weighted by atomic mass is 35.5. The summed E-state index contributed by atoms with van der Waals surface area (Å²) in [6, 6.07) is 5.24. The number of aromatic nitrogens is 4. The van der Waals surface area contributed by atoms with E-state index in [1.165, 1.54) is 6.07 Å². The van der Waals surface area contributed by atoms with Crippen molar-refractivity contribution in [2.45, 2.75) is 26.3 Å². The van der Waals surface area contributed by atoms with Gasteiger partial charge >= 0.3 is 0 Å². The zero-order chi connectivity index (χ0) is 15.0. The minimum atomic E-state index is -0.313. The molecule has 1 unspecified atom stereocenters. The molecule has 21 heavy (non-hydrogen) atoms. The van der Waals surface area contributed by atoms with E-state index < -0.39 is 0 Å². The molecule has 3 rings (SSSR count). The molecule has 6 heteroatoms. The Morgan fingerprint density at radius 2 is 2.19 bits per heavy atom. The summed E-state index contributed by atoms with van der Waals surface area (Å²) < 4.78 is 16.1. The number of nitrogens with zero attached hydrogens (tertiary/aromatic N) is 4. The largest absolute Gasteiger partial charge is 0.262 e. The molecule has 0 amide bonds. The molecular formula is C15H14ClFN4. The topological polar surface area (TPSA) is 43.6 Å². The number of benzene rings is 1. The first-order chi connectivity index (χ1) is 10.1. The average Bonchev–Trinajstić information content (AvgIpc) is 2.91. The van der Waals surface area contributed by atoms with Gasteiger partial charge in [0.2, 0.25) is 5.28 Å². The minimum Gasteiger partial charge on any atom is -0.262 e. The van der Waals surface area contributed by atoms with Crippen LogP contribution in [0.3, 0.4) is 0 Å². The Kier molecular flexibility index (Phi) is 3.59. The van der Waals surface area contributed by atoms with E-state index in [9.17, 15) is 4.39 Å². The molecule has 4 nitrogen and oxygen atoms in total. The van der Waals surface area contributed by atoms with Gasteiger partial charge in [0, 0.05) is 17.8 Å². The molecule has 1 atom stereocenters. The van der Waals surface area contributed by atoms with Crippen LogP contribution in [0.2, 0.25) is 5.28 Å². The number of fused-ring (bicyclic) bond motifs is 1. The van der Waals surface area contributed by atoms with E-state index in [0.29, 0.717) is 16.6 Å². The fraction of sp³-hybridized carbons (Fsp3) is 0.267. The molecule has 0 aliphatic rings. The van der Waals surface area contributed by atoms with Crippen LogP contribution in [0.15, 0.2) is 30.6 Å². The Hall–Kier alpha value is -2.01. The molecule has 0 spiro atoms. The van der Waals surface area contributed by atoms with E-state index in [-0.39, 0.29) is 17.1 Å². The summed E-state index contributed by atoms with van der Waals surface area (Å²) in [6.45, 7) is 4.13. The van der Waals surface area contributed by atoms with Gasteiger partial charge in [-0.3, -0.25) is 4.68 Å². The molecule has 0 fully saturated rings. The van der Waals surface area contributed by atoms with Crippen molar-refractivity contribution in [1.29, 1.82) is 0 Å². The summed E-state index contributed by atoms with van der Waals surface area (Å²) in [7, 11) is 0. The molecule has 0 bridgehead atoms. The van der Waals surface area contributed by atoms with Gasteiger partial charge in [0.05, 0.1) is 22.8 Å².